The van der Waals surface area contributed by atoms with E-state index in [1.54, 1.807) is 0 Å². The molecule has 0 N–H and O–H groups in total. The van der Waals surface area contributed by atoms with Crippen LogP contribution in [0.15, 0.2) is 229 Å². The Bertz CT molecular complexity index is 3320. The normalized spacial score (nSPS) is 12.6. The average molecular weight is 792 g/mol. The molecule has 0 saturated carbocycles. The number of nitrogens with zero attached hydrogens (tertiary/aromatic N) is 3. The van der Waals surface area contributed by atoms with Crippen LogP contribution in [0.1, 0.15) is 22.3 Å². The molecule has 0 unspecified atom stereocenters. The molecule has 0 radical (unpaired) electrons. The second kappa shape index (κ2) is 14.5. The topological polar surface area (TPSA) is 51.8 Å². The first-order chi connectivity index (χ1) is 30.7. The van der Waals surface area contributed by atoms with Gasteiger partial charge in [-0.25, -0.2) is 15.0 Å². The maximum absolute atomic E-state index is 6.74. The molecule has 4 heteroatoms. The van der Waals surface area contributed by atoms with Crippen LogP contribution in [-0.2, 0) is 5.41 Å². The second-order valence-corrected chi connectivity index (χ2v) is 15.9. The van der Waals surface area contributed by atoms with Crippen molar-refractivity contribution >= 4 is 21.9 Å². The zero-order chi connectivity index (χ0) is 41.0. The third-order valence-electron chi connectivity index (χ3n) is 12.4. The van der Waals surface area contributed by atoms with Gasteiger partial charge in [-0.2, -0.15) is 0 Å². The molecule has 0 bridgehead atoms. The minimum absolute atomic E-state index is 0.514. The molecule has 9 aromatic carbocycles. The lowest BCUT2D eigenvalue weighted by atomic mass is 9.67. The van der Waals surface area contributed by atoms with Gasteiger partial charge in [0, 0.05) is 27.5 Å². The van der Waals surface area contributed by atoms with Crippen LogP contribution >= 0.6 is 0 Å². The highest BCUT2D eigenvalue weighted by molar-refractivity contribution is 6.06. The highest BCUT2D eigenvalue weighted by atomic mass is 16.3. The average Bonchev–Trinajstić information content (AvgIpc) is 3.88. The molecule has 0 aliphatic heterocycles. The first-order valence-electron chi connectivity index (χ1n) is 21.0. The Labute approximate surface area is 359 Å². The number of rotatable bonds is 7. The van der Waals surface area contributed by atoms with Crippen molar-refractivity contribution in [3.8, 4) is 67.5 Å². The lowest BCUT2D eigenvalue weighted by molar-refractivity contribution is 0.665. The molecular weight excluding hydrogens is 755 g/mol. The van der Waals surface area contributed by atoms with Gasteiger partial charge in [-0.15, -0.1) is 0 Å². The van der Waals surface area contributed by atoms with Gasteiger partial charge in [0.15, 0.2) is 17.5 Å². The molecule has 0 atom stereocenters. The molecule has 0 spiro atoms. The third kappa shape index (κ3) is 5.80. The highest BCUT2D eigenvalue weighted by Gasteiger charge is 2.46. The number of hydrogen-bond acceptors (Lipinski definition) is 4. The summed E-state index contributed by atoms with van der Waals surface area (Å²) in [7, 11) is 0. The zero-order valence-corrected chi connectivity index (χ0v) is 33.6. The highest BCUT2D eigenvalue weighted by Crippen LogP contribution is 2.56. The van der Waals surface area contributed by atoms with Gasteiger partial charge >= 0.3 is 0 Å². The third-order valence-corrected chi connectivity index (χ3v) is 12.4. The summed E-state index contributed by atoms with van der Waals surface area (Å²) in [5.41, 5.74) is 15.8. The van der Waals surface area contributed by atoms with Crippen molar-refractivity contribution in [2.75, 3.05) is 0 Å². The van der Waals surface area contributed by atoms with Gasteiger partial charge < -0.3 is 4.42 Å². The van der Waals surface area contributed by atoms with Gasteiger partial charge in [0.05, 0.1) is 5.41 Å². The van der Waals surface area contributed by atoms with Gasteiger partial charge in [0.1, 0.15) is 11.2 Å². The van der Waals surface area contributed by atoms with Crippen LogP contribution in [0.3, 0.4) is 0 Å². The summed E-state index contributed by atoms with van der Waals surface area (Å²) < 4.78 is 6.74. The fourth-order valence-electron chi connectivity index (χ4n) is 9.56. The van der Waals surface area contributed by atoms with Crippen molar-refractivity contribution in [2.45, 2.75) is 5.41 Å². The monoisotopic (exact) mass is 791 g/mol. The van der Waals surface area contributed by atoms with E-state index in [1.807, 2.05) is 18.2 Å². The van der Waals surface area contributed by atoms with Crippen molar-refractivity contribution in [2.24, 2.45) is 0 Å². The molecule has 290 valence electrons. The Morgan fingerprint density at radius 2 is 0.758 bits per heavy atom. The van der Waals surface area contributed by atoms with E-state index in [2.05, 4.69) is 206 Å². The molecule has 11 aromatic rings. The van der Waals surface area contributed by atoms with Crippen molar-refractivity contribution < 1.29 is 4.42 Å². The van der Waals surface area contributed by atoms with Crippen LogP contribution in [0.5, 0.6) is 0 Å². The van der Waals surface area contributed by atoms with Crippen molar-refractivity contribution in [3.05, 3.63) is 247 Å². The number of benzene rings is 9. The quantitative estimate of drug-likeness (QED) is 0.161. The molecular formula is C58H37N3O. The van der Waals surface area contributed by atoms with E-state index >= 15 is 0 Å². The van der Waals surface area contributed by atoms with Crippen molar-refractivity contribution in [1.29, 1.82) is 0 Å². The summed E-state index contributed by atoms with van der Waals surface area (Å²) in [5, 5.41) is 2.04. The van der Waals surface area contributed by atoms with Crippen molar-refractivity contribution in [1.82, 2.24) is 15.0 Å². The number of fused-ring (bicyclic) bond motifs is 6. The van der Waals surface area contributed by atoms with Gasteiger partial charge in [0.2, 0.25) is 0 Å². The van der Waals surface area contributed by atoms with E-state index in [0.717, 1.165) is 66.4 Å². The molecule has 0 saturated heterocycles. The molecule has 2 aromatic heterocycles. The summed E-state index contributed by atoms with van der Waals surface area (Å²) in [6, 6.07) is 79.2. The van der Waals surface area contributed by atoms with E-state index in [9.17, 15) is 0 Å². The van der Waals surface area contributed by atoms with E-state index in [4.69, 9.17) is 19.4 Å². The van der Waals surface area contributed by atoms with Crippen LogP contribution in [0.4, 0.5) is 0 Å². The lowest BCUT2D eigenvalue weighted by Gasteiger charge is -2.33. The van der Waals surface area contributed by atoms with Gasteiger partial charge in [0.25, 0.3) is 0 Å². The summed E-state index contributed by atoms with van der Waals surface area (Å²) in [6.07, 6.45) is 0. The lowest BCUT2D eigenvalue weighted by Crippen LogP contribution is -2.28. The molecule has 12 rings (SSSR count). The number of hydrogen-bond donors (Lipinski definition) is 0. The Hall–Kier alpha value is -8.21. The minimum Gasteiger partial charge on any atom is -0.456 e. The van der Waals surface area contributed by atoms with Crippen LogP contribution in [0.25, 0.3) is 89.5 Å². The van der Waals surface area contributed by atoms with E-state index in [0.29, 0.717) is 17.5 Å². The summed E-state index contributed by atoms with van der Waals surface area (Å²) in [4.78, 5) is 15.5. The SMILES string of the molecule is c1ccc(-c2cccc(-c3nc(-c4cccc(-c5ccccc5)c4)nc(-c4ccc5oc6cc(C7(c8ccccc8)c8ccccc8-c8ccccc87)ccc6c5c4)n3)c2)cc1. The minimum atomic E-state index is -0.514. The maximum Gasteiger partial charge on any atom is 0.164 e. The Morgan fingerprint density at radius 3 is 1.32 bits per heavy atom. The van der Waals surface area contributed by atoms with Gasteiger partial charge in [-0.1, -0.05) is 188 Å². The Morgan fingerprint density at radius 1 is 0.290 bits per heavy atom. The summed E-state index contributed by atoms with van der Waals surface area (Å²) in [6.45, 7) is 0. The molecule has 0 amide bonds. The Kier molecular flexibility index (Phi) is 8.36. The largest absolute Gasteiger partial charge is 0.456 e. The van der Waals surface area contributed by atoms with Crippen LogP contribution < -0.4 is 0 Å². The number of furan rings is 1. The first-order valence-corrected chi connectivity index (χ1v) is 21.0. The van der Waals surface area contributed by atoms with E-state index in [1.165, 1.54) is 27.8 Å². The predicted octanol–water partition coefficient (Wildman–Crippen LogP) is 14.5. The predicted molar refractivity (Wildman–Crippen MR) is 252 cm³/mol. The summed E-state index contributed by atoms with van der Waals surface area (Å²) >= 11 is 0. The zero-order valence-electron chi connectivity index (χ0n) is 33.6. The standard InChI is InChI=1S/C58H37N3O/c1-4-16-38(17-5-1)40-20-14-22-42(34-40)55-59-56(43-23-15-21-41(35-43)39-18-6-2-7-19-39)61-57(60-55)44-30-33-53-50(36-44)49-32-31-46(37-54(49)62-53)58(45-24-8-3-9-25-45)51-28-12-10-26-47(51)48-27-11-13-29-52(48)58/h1-37H. The van der Waals surface area contributed by atoms with Gasteiger partial charge in [-0.3, -0.25) is 0 Å². The van der Waals surface area contributed by atoms with Gasteiger partial charge in [-0.05, 0) is 92.0 Å². The molecule has 0 fully saturated rings. The summed E-state index contributed by atoms with van der Waals surface area (Å²) in [5.74, 6) is 1.81. The van der Waals surface area contributed by atoms with Crippen LogP contribution in [0, 0.1) is 0 Å². The maximum atomic E-state index is 6.74. The Balaban J connectivity index is 1.01. The smallest absolute Gasteiger partial charge is 0.164 e. The fraction of sp³-hybridized carbons (Fsp3) is 0.0172. The van der Waals surface area contributed by atoms with E-state index < -0.39 is 5.41 Å². The number of aromatic nitrogens is 3. The second-order valence-electron chi connectivity index (χ2n) is 15.9. The van der Waals surface area contributed by atoms with E-state index in [-0.39, 0.29) is 0 Å². The molecule has 4 nitrogen and oxygen atoms in total. The fourth-order valence-corrected chi connectivity index (χ4v) is 9.56. The molecule has 1 aliphatic carbocycles. The van der Waals surface area contributed by atoms with Crippen molar-refractivity contribution in [3.63, 3.8) is 0 Å². The van der Waals surface area contributed by atoms with Crippen LogP contribution in [0.2, 0.25) is 0 Å². The molecule has 1 aliphatic rings. The first kappa shape index (κ1) is 35.7. The molecule has 2 heterocycles. The van der Waals surface area contributed by atoms with Crippen LogP contribution in [-0.4, -0.2) is 15.0 Å². The molecule has 62 heavy (non-hydrogen) atoms.